The highest BCUT2D eigenvalue weighted by Gasteiger charge is 2.05. The number of likely N-dealkylation sites (N-methyl/N-ethyl adjacent to an activating group) is 1. The standard InChI is InChI=1S/C21H24N2O2.ClH/c1-3-23(4-2)15-16-24-20-11-7-5-9-17(20)13-14-19-18-10-6-8-12-21(18)25-22-19;/h5-14H,3-4,15-16H2,1-2H3;1H/b14-13+;. The Bertz CT molecular complexity index is 841. The summed E-state index contributed by atoms with van der Waals surface area (Å²) >= 11 is 0. The molecule has 3 aromatic rings. The highest BCUT2D eigenvalue weighted by molar-refractivity contribution is 5.88. The van der Waals surface area contributed by atoms with Crippen molar-refractivity contribution in [2.75, 3.05) is 26.2 Å². The van der Waals surface area contributed by atoms with Crippen molar-refractivity contribution in [1.29, 1.82) is 0 Å². The predicted molar refractivity (Wildman–Crippen MR) is 110 cm³/mol. The van der Waals surface area contributed by atoms with Crippen molar-refractivity contribution >= 4 is 35.5 Å². The maximum Gasteiger partial charge on any atom is 0.167 e. The number of ether oxygens (including phenoxy) is 1. The molecule has 0 radical (unpaired) electrons. The lowest BCUT2D eigenvalue weighted by atomic mass is 10.1. The average Bonchev–Trinajstić information content (AvgIpc) is 3.07. The van der Waals surface area contributed by atoms with Crippen molar-refractivity contribution in [1.82, 2.24) is 10.1 Å². The highest BCUT2D eigenvalue weighted by Crippen LogP contribution is 2.23. The normalized spacial score (nSPS) is 11.2. The quantitative estimate of drug-likeness (QED) is 0.548. The van der Waals surface area contributed by atoms with E-state index in [1.165, 1.54) is 0 Å². The van der Waals surface area contributed by atoms with Crippen LogP contribution in [0.4, 0.5) is 0 Å². The fraction of sp³-hybridized carbons (Fsp3) is 0.286. The van der Waals surface area contributed by atoms with Crippen molar-refractivity contribution < 1.29 is 9.26 Å². The van der Waals surface area contributed by atoms with Crippen molar-refractivity contribution in [2.45, 2.75) is 13.8 Å². The van der Waals surface area contributed by atoms with E-state index in [0.717, 1.165) is 47.6 Å². The second kappa shape index (κ2) is 10.00. The third-order valence-electron chi connectivity index (χ3n) is 4.30. The van der Waals surface area contributed by atoms with Crippen LogP contribution in [0, 0.1) is 0 Å². The Labute approximate surface area is 160 Å². The molecule has 1 aromatic heterocycles. The molecule has 1 heterocycles. The monoisotopic (exact) mass is 372 g/mol. The van der Waals surface area contributed by atoms with E-state index in [9.17, 15) is 0 Å². The predicted octanol–water partition coefficient (Wildman–Crippen LogP) is 5.14. The zero-order valence-electron chi connectivity index (χ0n) is 15.2. The van der Waals surface area contributed by atoms with Gasteiger partial charge < -0.3 is 14.2 Å². The van der Waals surface area contributed by atoms with Gasteiger partial charge in [0.2, 0.25) is 0 Å². The van der Waals surface area contributed by atoms with Crippen molar-refractivity contribution in [2.24, 2.45) is 0 Å². The lowest BCUT2D eigenvalue weighted by molar-refractivity contribution is 0.222. The van der Waals surface area contributed by atoms with Gasteiger partial charge in [-0.15, -0.1) is 12.4 Å². The molecule has 0 aliphatic rings. The topological polar surface area (TPSA) is 38.5 Å². The lowest BCUT2D eigenvalue weighted by Gasteiger charge is -2.18. The molecule has 0 saturated carbocycles. The molecule has 4 nitrogen and oxygen atoms in total. The molecule has 0 N–H and O–H groups in total. The van der Waals surface area contributed by atoms with Crippen LogP contribution < -0.4 is 4.74 Å². The fourth-order valence-corrected chi connectivity index (χ4v) is 2.77. The molecule has 0 bridgehead atoms. The number of nitrogens with zero attached hydrogens (tertiary/aromatic N) is 2. The maximum atomic E-state index is 5.99. The van der Waals surface area contributed by atoms with Crippen LogP contribution in [0.25, 0.3) is 23.1 Å². The van der Waals surface area contributed by atoms with Gasteiger partial charge in [-0.25, -0.2) is 0 Å². The third kappa shape index (κ3) is 4.87. The SMILES string of the molecule is CCN(CC)CCOc1ccccc1/C=C/c1noc2ccccc12.Cl. The number of fused-ring (bicyclic) bond motifs is 1. The molecule has 0 unspecified atom stereocenters. The minimum absolute atomic E-state index is 0. The summed E-state index contributed by atoms with van der Waals surface area (Å²) in [6, 6.07) is 15.9. The number of halogens is 1. The average molecular weight is 373 g/mol. The molecule has 0 spiro atoms. The van der Waals surface area contributed by atoms with Crippen LogP contribution in [0.3, 0.4) is 0 Å². The molecular formula is C21H25ClN2O2. The van der Waals surface area contributed by atoms with Gasteiger partial charge >= 0.3 is 0 Å². The number of benzene rings is 2. The Kier molecular flexibility index (Phi) is 7.70. The minimum Gasteiger partial charge on any atom is -0.492 e. The third-order valence-corrected chi connectivity index (χ3v) is 4.30. The zero-order valence-corrected chi connectivity index (χ0v) is 16.0. The number of aromatic nitrogens is 1. The summed E-state index contributed by atoms with van der Waals surface area (Å²) in [5.41, 5.74) is 2.66. The first-order chi connectivity index (χ1) is 12.3. The van der Waals surface area contributed by atoms with Crippen LogP contribution >= 0.6 is 12.4 Å². The zero-order chi connectivity index (χ0) is 17.5. The van der Waals surface area contributed by atoms with Crippen molar-refractivity contribution in [3.8, 4) is 5.75 Å². The van der Waals surface area contributed by atoms with Crippen LogP contribution in [0.5, 0.6) is 5.75 Å². The van der Waals surface area contributed by atoms with Gasteiger partial charge in [0.05, 0.1) is 0 Å². The largest absolute Gasteiger partial charge is 0.492 e. The number of hydrogen-bond donors (Lipinski definition) is 0. The number of para-hydroxylation sites is 2. The Balaban J connectivity index is 0.00000243. The molecule has 138 valence electrons. The molecule has 26 heavy (non-hydrogen) atoms. The van der Waals surface area contributed by atoms with Crippen LogP contribution in [0.1, 0.15) is 25.1 Å². The van der Waals surface area contributed by atoms with E-state index in [0.29, 0.717) is 6.61 Å². The lowest BCUT2D eigenvalue weighted by Crippen LogP contribution is -2.27. The first kappa shape index (κ1) is 20.0. The summed E-state index contributed by atoms with van der Waals surface area (Å²) < 4.78 is 11.3. The first-order valence-corrected chi connectivity index (χ1v) is 8.78. The number of hydrogen-bond acceptors (Lipinski definition) is 4. The van der Waals surface area contributed by atoms with Gasteiger partial charge in [0.15, 0.2) is 5.58 Å². The number of rotatable bonds is 8. The van der Waals surface area contributed by atoms with Gasteiger partial charge in [-0.1, -0.05) is 49.3 Å². The molecule has 5 heteroatoms. The molecule has 0 aliphatic heterocycles. The van der Waals surface area contributed by atoms with Crippen LogP contribution in [-0.2, 0) is 0 Å². The van der Waals surface area contributed by atoms with Crippen LogP contribution in [-0.4, -0.2) is 36.3 Å². The van der Waals surface area contributed by atoms with Gasteiger partial charge in [-0.3, -0.25) is 0 Å². The van der Waals surface area contributed by atoms with Gasteiger partial charge in [-0.2, -0.15) is 0 Å². The first-order valence-electron chi connectivity index (χ1n) is 8.78. The smallest absolute Gasteiger partial charge is 0.167 e. The van der Waals surface area contributed by atoms with E-state index in [4.69, 9.17) is 9.26 Å². The summed E-state index contributed by atoms with van der Waals surface area (Å²) in [6.45, 7) is 8.03. The van der Waals surface area contributed by atoms with Gasteiger partial charge in [0.25, 0.3) is 0 Å². The Morgan fingerprint density at radius 3 is 2.54 bits per heavy atom. The Hall–Kier alpha value is -2.30. The van der Waals surface area contributed by atoms with Gasteiger partial charge in [-0.05, 0) is 43.4 Å². The summed E-state index contributed by atoms with van der Waals surface area (Å²) in [5.74, 6) is 0.888. The van der Waals surface area contributed by atoms with E-state index in [-0.39, 0.29) is 12.4 Å². The second-order valence-electron chi connectivity index (χ2n) is 5.81. The van der Waals surface area contributed by atoms with E-state index >= 15 is 0 Å². The summed E-state index contributed by atoms with van der Waals surface area (Å²) in [6.07, 6.45) is 4.00. The molecule has 0 atom stereocenters. The van der Waals surface area contributed by atoms with Crippen LogP contribution in [0.15, 0.2) is 53.1 Å². The van der Waals surface area contributed by atoms with Crippen molar-refractivity contribution in [3.05, 3.63) is 59.8 Å². The van der Waals surface area contributed by atoms with Crippen molar-refractivity contribution in [3.63, 3.8) is 0 Å². The summed E-state index contributed by atoms with van der Waals surface area (Å²) in [4.78, 5) is 2.35. The molecule has 0 fully saturated rings. The molecule has 0 aliphatic carbocycles. The summed E-state index contributed by atoms with van der Waals surface area (Å²) in [5, 5.41) is 5.15. The molecule has 2 aromatic carbocycles. The Morgan fingerprint density at radius 2 is 1.73 bits per heavy atom. The van der Waals surface area contributed by atoms with E-state index in [2.05, 4.69) is 23.9 Å². The van der Waals surface area contributed by atoms with E-state index < -0.39 is 0 Å². The molecule has 3 rings (SSSR count). The fourth-order valence-electron chi connectivity index (χ4n) is 2.77. The second-order valence-corrected chi connectivity index (χ2v) is 5.81. The van der Waals surface area contributed by atoms with Gasteiger partial charge in [0, 0.05) is 17.5 Å². The van der Waals surface area contributed by atoms with Gasteiger partial charge in [0.1, 0.15) is 18.1 Å². The molecule has 0 amide bonds. The van der Waals surface area contributed by atoms with E-state index in [1.54, 1.807) is 0 Å². The highest BCUT2D eigenvalue weighted by atomic mass is 35.5. The summed E-state index contributed by atoms with van der Waals surface area (Å²) in [7, 11) is 0. The maximum absolute atomic E-state index is 5.99. The van der Waals surface area contributed by atoms with Crippen LogP contribution in [0.2, 0.25) is 0 Å². The molecular weight excluding hydrogens is 348 g/mol. The Morgan fingerprint density at radius 1 is 1.00 bits per heavy atom. The molecule has 0 saturated heterocycles. The minimum atomic E-state index is 0. The van der Waals surface area contributed by atoms with E-state index in [1.807, 2.05) is 60.7 Å².